The molecule has 118 valence electrons. The van der Waals surface area contributed by atoms with Crippen LogP contribution in [0.5, 0.6) is 0 Å². The molecule has 1 rings (SSSR count). The van der Waals surface area contributed by atoms with Gasteiger partial charge in [-0.2, -0.15) is 0 Å². The van der Waals surface area contributed by atoms with Gasteiger partial charge in [0.15, 0.2) is 11.6 Å². The molecule has 1 saturated carbocycles. The minimum absolute atomic E-state index is 0.0832. The first kappa shape index (κ1) is 17.3. The second-order valence-corrected chi connectivity index (χ2v) is 6.10. The standard InChI is InChI=1S/C15H22O6/c1-15(2,3)21-13(19)7-5-4-6-12(18)20-14-10(16)8-9-11(14)17/h14H,4-9H2,1-3H3. The van der Waals surface area contributed by atoms with Crippen molar-refractivity contribution in [3.8, 4) is 0 Å². The van der Waals surface area contributed by atoms with Crippen molar-refractivity contribution in [1.82, 2.24) is 0 Å². The number of carbonyl (C=O) groups is 4. The molecule has 6 heteroatoms. The molecule has 0 spiro atoms. The van der Waals surface area contributed by atoms with E-state index < -0.39 is 17.7 Å². The van der Waals surface area contributed by atoms with E-state index in [1.54, 1.807) is 20.8 Å². The summed E-state index contributed by atoms with van der Waals surface area (Å²) in [6, 6.07) is 0. The highest BCUT2D eigenvalue weighted by Gasteiger charge is 2.35. The molecular weight excluding hydrogens is 276 g/mol. The Morgan fingerprint density at radius 2 is 1.48 bits per heavy atom. The number of Topliss-reactive ketones (excluding diaryl/α,β-unsaturated/α-hetero) is 2. The Bertz CT molecular complexity index is 416. The molecule has 1 fully saturated rings. The van der Waals surface area contributed by atoms with Gasteiger partial charge in [-0.25, -0.2) is 0 Å². The Kier molecular flexibility index (Phi) is 6.05. The molecular formula is C15H22O6. The fourth-order valence-electron chi connectivity index (χ4n) is 1.94. The zero-order valence-corrected chi connectivity index (χ0v) is 12.8. The van der Waals surface area contributed by atoms with E-state index in [9.17, 15) is 19.2 Å². The highest BCUT2D eigenvalue weighted by atomic mass is 16.6. The van der Waals surface area contributed by atoms with Crippen molar-refractivity contribution in [1.29, 1.82) is 0 Å². The third-order valence-corrected chi connectivity index (χ3v) is 2.88. The Hall–Kier alpha value is -1.72. The second-order valence-electron chi connectivity index (χ2n) is 6.10. The molecule has 0 heterocycles. The first-order chi connectivity index (χ1) is 9.69. The van der Waals surface area contributed by atoms with Crippen LogP contribution in [0.1, 0.15) is 59.3 Å². The van der Waals surface area contributed by atoms with E-state index in [1.165, 1.54) is 0 Å². The summed E-state index contributed by atoms with van der Waals surface area (Å²) in [5.74, 6) is -1.55. The number of carbonyl (C=O) groups excluding carboxylic acids is 4. The van der Waals surface area contributed by atoms with E-state index in [1.807, 2.05) is 0 Å². The summed E-state index contributed by atoms with van der Waals surface area (Å²) < 4.78 is 10.0. The van der Waals surface area contributed by atoms with Crippen LogP contribution in [0.4, 0.5) is 0 Å². The van der Waals surface area contributed by atoms with Crippen LogP contribution >= 0.6 is 0 Å². The van der Waals surface area contributed by atoms with Crippen molar-refractivity contribution in [2.75, 3.05) is 0 Å². The van der Waals surface area contributed by atoms with Crippen LogP contribution in [0, 0.1) is 0 Å². The van der Waals surface area contributed by atoms with Crippen LogP contribution in [0.15, 0.2) is 0 Å². The van der Waals surface area contributed by atoms with E-state index in [0.717, 1.165) is 0 Å². The highest BCUT2D eigenvalue weighted by molar-refractivity contribution is 6.12. The van der Waals surface area contributed by atoms with Crippen LogP contribution in [0.25, 0.3) is 0 Å². The predicted octanol–water partition coefficient (Wildman–Crippen LogP) is 1.73. The maximum absolute atomic E-state index is 11.5. The Balaban J connectivity index is 2.18. The average Bonchev–Trinajstić information content (AvgIpc) is 2.64. The third-order valence-electron chi connectivity index (χ3n) is 2.88. The topological polar surface area (TPSA) is 86.7 Å². The highest BCUT2D eigenvalue weighted by Crippen LogP contribution is 2.16. The minimum Gasteiger partial charge on any atom is -0.460 e. The van der Waals surface area contributed by atoms with E-state index in [-0.39, 0.29) is 43.2 Å². The molecule has 0 aromatic heterocycles. The van der Waals surface area contributed by atoms with Gasteiger partial charge in [0, 0.05) is 25.7 Å². The van der Waals surface area contributed by atoms with Gasteiger partial charge in [-0.1, -0.05) is 0 Å². The lowest BCUT2D eigenvalue weighted by molar-refractivity contribution is -0.158. The van der Waals surface area contributed by atoms with E-state index in [4.69, 9.17) is 9.47 Å². The third kappa shape index (κ3) is 6.51. The summed E-state index contributed by atoms with van der Waals surface area (Å²) in [7, 11) is 0. The van der Waals surface area contributed by atoms with Crippen LogP contribution in [0.3, 0.4) is 0 Å². The van der Waals surface area contributed by atoms with Crippen LogP contribution in [-0.4, -0.2) is 35.2 Å². The summed E-state index contributed by atoms with van der Waals surface area (Å²) in [4.78, 5) is 45.6. The zero-order valence-electron chi connectivity index (χ0n) is 12.8. The van der Waals surface area contributed by atoms with Crippen LogP contribution < -0.4 is 0 Å². The minimum atomic E-state index is -1.21. The Morgan fingerprint density at radius 3 is 1.95 bits per heavy atom. The quantitative estimate of drug-likeness (QED) is 0.421. The van der Waals surface area contributed by atoms with Gasteiger partial charge in [-0.3, -0.25) is 19.2 Å². The monoisotopic (exact) mass is 298 g/mol. The van der Waals surface area contributed by atoms with Crippen LogP contribution in [-0.2, 0) is 28.7 Å². The maximum Gasteiger partial charge on any atom is 0.306 e. The zero-order chi connectivity index (χ0) is 16.0. The summed E-state index contributed by atoms with van der Waals surface area (Å²) in [6.07, 6.45) is 0.351. The molecule has 0 N–H and O–H groups in total. The molecule has 21 heavy (non-hydrogen) atoms. The lowest BCUT2D eigenvalue weighted by Gasteiger charge is -2.19. The lowest BCUT2D eigenvalue weighted by Crippen LogP contribution is -2.28. The summed E-state index contributed by atoms with van der Waals surface area (Å²) in [5, 5.41) is 0. The first-order valence-corrected chi connectivity index (χ1v) is 7.16. The van der Waals surface area contributed by atoms with Crippen molar-refractivity contribution < 1.29 is 28.7 Å². The van der Waals surface area contributed by atoms with Crippen molar-refractivity contribution in [2.24, 2.45) is 0 Å². The molecule has 6 nitrogen and oxygen atoms in total. The fraction of sp³-hybridized carbons (Fsp3) is 0.733. The average molecular weight is 298 g/mol. The van der Waals surface area contributed by atoms with Gasteiger partial charge in [-0.05, 0) is 33.6 Å². The molecule has 1 aliphatic carbocycles. The van der Waals surface area contributed by atoms with Gasteiger partial charge in [-0.15, -0.1) is 0 Å². The molecule has 0 atom stereocenters. The number of esters is 2. The van der Waals surface area contributed by atoms with Crippen molar-refractivity contribution in [2.45, 2.75) is 71.0 Å². The number of unbranched alkanes of at least 4 members (excludes halogenated alkanes) is 1. The van der Waals surface area contributed by atoms with Gasteiger partial charge >= 0.3 is 11.9 Å². The smallest absolute Gasteiger partial charge is 0.306 e. The maximum atomic E-state index is 11.5. The molecule has 0 unspecified atom stereocenters. The molecule has 0 bridgehead atoms. The van der Waals surface area contributed by atoms with Gasteiger partial charge in [0.2, 0.25) is 6.10 Å². The molecule has 0 saturated heterocycles. The Labute approximate surface area is 124 Å². The molecule has 0 aliphatic heterocycles. The number of hydrogen-bond acceptors (Lipinski definition) is 6. The van der Waals surface area contributed by atoms with Crippen LogP contribution in [0.2, 0.25) is 0 Å². The Morgan fingerprint density at radius 1 is 1.00 bits per heavy atom. The fourth-order valence-corrected chi connectivity index (χ4v) is 1.94. The number of ketones is 2. The second kappa shape index (κ2) is 7.33. The molecule has 1 aliphatic rings. The van der Waals surface area contributed by atoms with Gasteiger partial charge in [0.1, 0.15) is 5.60 Å². The molecule has 0 aromatic carbocycles. The van der Waals surface area contributed by atoms with E-state index >= 15 is 0 Å². The lowest BCUT2D eigenvalue weighted by atomic mass is 10.1. The molecule has 0 radical (unpaired) electrons. The predicted molar refractivity (Wildman–Crippen MR) is 73.4 cm³/mol. The van der Waals surface area contributed by atoms with Gasteiger partial charge in [0.05, 0.1) is 0 Å². The molecule has 0 aromatic rings. The van der Waals surface area contributed by atoms with Gasteiger partial charge in [0.25, 0.3) is 0 Å². The summed E-state index contributed by atoms with van der Waals surface area (Å²) in [6.45, 7) is 5.37. The normalized spacial score (nSPS) is 16.1. The molecule has 0 amide bonds. The SMILES string of the molecule is CC(C)(C)OC(=O)CCCCC(=O)OC1C(=O)CCC1=O. The van der Waals surface area contributed by atoms with Crippen molar-refractivity contribution in [3.05, 3.63) is 0 Å². The summed E-state index contributed by atoms with van der Waals surface area (Å²) in [5.41, 5.74) is -0.515. The van der Waals surface area contributed by atoms with E-state index in [2.05, 4.69) is 0 Å². The van der Waals surface area contributed by atoms with E-state index in [0.29, 0.717) is 12.8 Å². The number of ether oxygens (including phenoxy) is 2. The van der Waals surface area contributed by atoms with Crippen molar-refractivity contribution in [3.63, 3.8) is 0 Å². The first-order valence-electron chi connectivity index (χ1n) is 7.16. The van der Waals surface area contributed by atoms with Crippen molar-refractivity contribution >= 4 is 23.5 Å². The number of rotatable bonds is 6. The summed E-state index contributed by atoms with van der Waals surface area (Å²) >= 11 is 0. The van der Waals surface area contributed by atoms with Gasteiger partial charge < -0.3 is 9.47 Å². The largest absolute Gasteiger partial charge is 0.460 e. The number of hydrogen-bond donors (Lipinski definition) is 0.